The predicted octanol–water partition coefficient (Wildman–Crippen LogP) is 5.62. The summed E-state index contributed by atoms with van der Waals surface area (Å²) in [5.74, 6) is -0.356. The van der Waals surface area contributed by atoms with E-state index in [0.29, 0.717) is 11.3 Å². The van der Waals surface area contributed by atoms with E-state index in [1.807, 2.05) is 79.7 Å². The van der Waals surface area contributed by atoms with E-state index in [1.165, 1.54) is 6.07 Å². The first-order valence-electron chi connectivity index (χ1n) is 10.9. The van der Waals surface area contributed by atoms with Crippen LogP contribution in [0.1, 0.15) is 38.7 Å². The molecule has 0 heterocycles. The number of anilines is 1. The van der Waals surface area contributed by atoms with Crippen LogP contribution in [0.25, 0.3) is 0 Å². The molecule has 5 nitrogen and oxygen atoms in total. The Bertz CT molecular complexity index is 1360. The van der Waals surface area contributed by atoms with Gasteiger partial charge >= 0.3 is 0 Å². The highest BCUT2D eigenvalue weighted by Gasteiger charge is 2.22. The Hall–Kier alpha value is -3.90. The number of rotatable bonds is 7. The zero-order chi connectivity index (χ0) is 24.1. The summed E-state index contributed by atoms with van der Waals surface area (Å²) in [6, 6.07) is 30.9. The highest BCUT2D eigenvalue weighted by Crippen LogP contribution is 2.25. The lowest BCUT2D eigenvalue weighted by molar-refractivity contribution is 0.0942. The number of amides is 1. The molecule has 1 amide bonds. The minimum Gasteiger partial charge on any atom is -0.341 e. The molecule has 0 spiro atoms. The number of nitrogens with one attached hydrogen (secondary N) is 2. The molecule has 4 aromatic rings. The lowest BCUT2D eigenvalue weighted by Gasteiger charge is -2.20. The first kappa shape index (κ1) is 23.3. The predicted molar refractivity (Wildman–Crippen MR) is 135 cm³/mol. The summed E-state index contributed by atoms with van der Waals surface area (Å²) in [7, 11) is -3.89. The van der Waals surface area contributed by atoms with Crippen molar-refractivity contribution in [3.8, 4) is 0 Å². The number of carbonyl (C=O) groups excluding carboxylic acids is 1. The van der Waals surface area contributed by atoms with E-state index < -0.39 is 10.0 Å². The summed E-state index contributed by atoms with van der Waals surface area (Å²) in [4.78, 5) is 13.3. The van der Waals surface area contributed by atoms with Crippen LogP contribution < -0.4 is 10.0 Å². The Morgan fingerprint density at radius 3 is 1.85 bits per heavy atom. The van der Waals surface area contributed by atoms with Crippen molar-refractivity contribution in [2.45, 2.75) is 24.8 Å². The Balaban J connectivity index is 1.65. The topological polar surface area (TPSA) is 75.3 Å². The number of para-hydroxylation sites is 1. The molecule has 6 heteroatoms. The maximum absolute atomic E-state index is 13.3. The molecule has 0 aromatic heterocycles. The van der Waals surface area contributed by atoms with Gasteiger partial charge in [0.1, 0.15) is 0 Å². The fraction of sp³-hybridized carbons (Fsp3) is 0.107. The lowest BCUT2D eigenvalue weighted by Crippen LogP contribution is -2.29. The van der Waals surface area contributed by atoms with Crippen molar-refractivity contribution in [1.82, 2.24) is 5.32 Å². The van der Waals surface area contributed by atoms with Crippen LogP contribution in [0.4, 0.5) is 5.69 Å². The van der Waals surface area contributed by atoms with E-state index in [0.717, 1.165) is 16.7 Å². The van der Waals surface area contributed by atoms with Gasteiger partial charge in [-0.05, 0) is 54.3 Å². The second kappa shape index (κ2) is 9.93. The standard InChI is InChI=1S/C28H26N2O3S/c1-20-11-9-10-16-25(20)30-34(32,33)26-19-24(18-17-21(26)2)28(31)29-27(22-12-5-3-6-13-22)23-14-7-4-8-15-23/h3-19,27,30H,1-2H3,(H,29,31). The fourth-order valence-corrected chi connectivity index (χ4v) is 5.19. The van der Waals surface area contributed by atoms with Crippen molar-refractivity contribution in [3.63, 3.8) is 0 Å². The van der Waals surface area contributed by atoms with E-state index in [9.17, 15) is 13.2 Å². The van der Waals surface area contributed by atoms with Gasteiger partial charge in [0.05, 0.1) is 16.6 Å². The van der Waals surface area contributed by atoms with Gasteiger partial charge in [-0.1, -0.05) is 84.9 Å². The number of aryl methyl sites for hydroxylation is 2. The van der Waals surface area contributed by atoms with Crippen molar-refractivity contribution in [2.24, 2.45) is 0 Å². The van der Waals surface area contributed by atoms with Crippen LogP contribution in [-0.2, 0) is 10.0 Å². The van der Waals surface area contributed by atoms with E-state index >= 15 is 0 Å². The third-order valence-corrected chi connectivity index (χ3v) is 7.18. The molecule has 4 aromatic carbocycles. The molecule has 0 bridgehead atoms. The highest BCUT2D eigenvalue weighted by atomic mass is 32.2. The number of hydrogen-bond acceptors (Lipinski definition) is 3. The minimum atomic E-state index is -3.89. The van der Waals surface area contributed by atoms with Crippen LogP contribution in [0, 0.1) is 13.8 Å². The Labute approximate surface area is 200 Å². The van der Waals surface area contributed by atoms with Crippen molar-refractivity contribution in [2.75, 3.05) is 4.72 Å². The van der Waals surface area contributed by atoms with Gasteiger partial charge in [-0.2, -0.15) is 0 Å². The first-order chi connectivity index (χ1) is 16.3. The maximum atomic E-state index is 13.3. The first-order valence-corrected chi connectivity index (χ1v) is 12.4. The molecule has 0 saturated carbocycles. The lowest BCUT2D eigenvalue weighted by atomic mass is 9.98. The molecule has 2 N–H and O–H groups in total. The van der Waals surface area contributed by atoms with Gasteiger partial charge in [0.25, 0.3) is 15.9 Å². The third-order valence-electron chi connectivity index (χ3n) is 5.67. The summed E-state index contributed by atoms with van der Waals surface area (Å²) in [6.07, 6.45) is 0. The highest BCUT2D eigenvalue weighted by molar-refractivity contribution is 7.92. The van der Waals surface area contributed by atoms with Crippen molar-refractivity contribution in [1.29, 1.82) is 0 Å². The zero-order valence-electron chi connectivity index (χ0n) is 19.0. The molecule has 0 aliphatic carbocycles. The van der Waals surface area contributed by atoms with Crippen LogP contribution in [0.5, 0.6) is 0 Å². The quantitative estimate of drug-likeness (QED) is 0.368. The van der Waals surface area contributed by atoms with Crippen LogP contribution in [0.3, 0.4) is 0 Å². The molecule has 0 aliphatic rings. The fourth-order valence-electron chi connectivity index (χ4n) is 3.78. The molecule has 34 heavy (non-hydrogen) atoms. The van der Waals surface area contributed by atoms with E-state index in [2.05, 4.69) is 10.0 Å². The molecule has 0 atom stereocenters. The van der Waals surface area contributed by atoms with Gasteiger partial charge in [0.2, 0.25) is 0 Å². The van der Waals surface area contributed by atoms with Crippen molar-refractivity contribution in [3.05, 3.63) is 131 Å². The number of carbonyl (C=O) groups is 1. The number of sulfonamides is 1. The average molecular weight is 471 g/mol. The Kier molecular flexibility index (Phi) is 6.80. The molecule has 4 rings (SSSR count). The number of hydrogen-bond donors (Lipinski definition) is 2. The zero-order valence-corrected chi connectivity index (χ0v) is 19.8. The molecule has 0 saturated heterocycles. The summed E-state index contributed by atoms with van der Waals surface area (Å²) >= 11 is 0. The SMILES string of the molecule is Cc1ccccc1NS(=O)(=O)c1cc(C(=O)NC(c2ccccc2)c2ccccc2)ccc1C. The second-order valence-corrected chi connectivity index (χ2v) is 9.78. The monoisotopic (exact) mass is 470 g/mol. The van der Waals surface area contributed by atoms with Gasteiger partial charge in [0, 0.05) is 5.56 Å². The van der Waals surface area contributed by atoms with Gasteiger partial charge in [-0.25, -0.2) is 8.42 Å². The van der Waals surface area contributed by atoms with E-state index in [-0.39, 0.29) is 22.4 Å². The van der Waals surface area contributed by atoms with E-state index in [4.69, 9.17) is 0 Å². The summed E-state index contributed by atoms with van der Waals surface area (Å²) in [6.45, 7) is 3.55. The minimum absolute atomic E-state index is 0.0689. The summed E-state index contributed by atoms with van der Waals surface area (Å²) < 4.78 is 29.0. The van der Waals surface area contributed by atoms with Gasteiger partial charge in [-0.15, -0.1) is 0 Å². The molecule has 0 fully saturated rings. The number of benzene rings is 4. The van der Waals surface area contributed by atoms with Crippen molar-refractivity contribution >= 4 is 21.6 Å². The Morgan fingerprint density at radius 2 is 1.26 bits per heavy atom. The normalized spacial score (nSPS) is 11.3. The van der Waals surface area contributed by atoms with Crippen LogP contribution in [0.15, 0.2) is 108 Å². The summed E-state index contributed by atoms with van der Waals surface area (Å²) in [5, 5.41) is 3.07. The molecule has 172 valence electrons. The molecule has 0 aliphatic heterocycles. The van der Waals surface area contributed by atoms with Crippen LogP contribution >= 0.6 is 0 Å². The third kappa shape index (κ3) is 5.18. The van der Waals surface area contributed by atoms with Gasteiger partial charge in [-0.3, -0.25) is 9.52 Å². The average Bonchev–Trinajstić information content (AvgIpc) is 2.85. The maximum Gasteiger partial charge on any atom is 0.262 e. The van der Waals surface area contributed by atoms with E-state index in [1.54, 1.807) is 31.2 Å². The molecule has 0 radical (unpaired) electrons. The summed E-state index contributed by atoms with van der Waals surface area (Å²) in [5.41, 5.74) is 4.01. The largest absolute Gasteiger partial charge is 0.341 e. The van der Waals surface area contributed by atoms with Gasteiger partial charge < -0.3 is 5.32 Å². The van der Waals surface area contributed by atoms with Crippen molar-refractivity contribution < 1.29 is 13.2 Å². The van der Waals surface area contributed by atoms with Crippen LogP contribution in [-0.4, -0.2) is 14.3 Å². The van der Waals surface area contributed by atoms with Crippen LogP contribution in [0.2, 0.25) is 0 Å². The molecule has 0 unspecified atom stereocenters. The molecular formula is C28H26N2O3S. The second-order valence-electron chi connectivity index (χ2n) is 8.13. The molecular weight excluding hydrogens is 444 g/mol. The Morgan fingerprint density at radius 1 is 0.706 bits per heavy atom. The van der Waals surface area contributed by atoms with Gasteiger partial charge in [0.15, 0.2) is 0 Å². The smallest absolute Gasteiger partial charge is 0.262 e.